The summed E-state index contributed by atoms with van der Waals surface area (Å²) in [5.41, 5.74) is 1.02. The number of ether oxygens (including phenoxy) is 1. The topological polar surface area (TPSA) is 29.5 Å². The average molecular weight is 299 g/mol. The third kappa shape index (κ3) is 2.31. The van der Waals surface area contributed by atoms with Gasteiger partial charge in [-0.25, -0.2) is 0 Å². The van der Waals surface area contributed by atoms with Crippen LogP contribution in [0.3, 0.4) is 0 Å². The number of rotatable bonds is 4. The van der Waals surface area contributed by atoms with Crippen molar-refractivity contribution < 1.29 is 9.53 Å². The molecule has 1 unspecified atom stereocenters. The highest BCUT2D eigenvalue weighted by Crippen LogP contribution is 2.63. The molecule has 3 aliphatic rings. The molecule has 0 bridgehead atoms. The predicted octanol–water partition coefficient (Wildman–Crippen LogP) is 3.15. The summed E-state index contributed by atoms with van der Waals surface area (Å²) in [6.07, 6.45) is 6.00. The van der Waals surface area contributed by atoms with E-state index >= 15 is 0 Å². The Morgan fingerprint density at radius 3 is 2.36 bits per heavy atom. The maximum atomic E-state index is 12.8. The first-order chi connectivity index (χ1) is 10.8. The molecule has 2 saturated carbocycles. The second-order valence-corrected chi connectivity index (χ2v) is 7.05. The predicted molar refractivity (Wildman–Crippen MR) is 86.0 cm³/mol. The summed E-state index contributed by atoms with van der Waals surface area (Å²) < 4.78 is 5.54. The van der Waals surface area contributed by atoms with E-state index in [0.29, 0.717) is 12.2 Å². The van der Waals surface area contributed by atoms with Crippen molar-refractivity contribution in [1.29, 1.82) is 0 Å². The molecule has 118 valence electrons. The number of carbonyl (C=O) groups is 1. The standard InChI is InChI=1S/C19H25NO2/c21-18(15-6-2-1-3-7-15)14-19(20-10-12-22-13-11-20)16-8-4-5-9-17(16)19/h1-3,6-7,16-17H,4-5,8-14H2/t16-,17+,19?. The van der Waals surface area contributed by atoms with Gasteiger partial charge in [-0.15, -0.1) is 0 Å². The molecule has 3 atom stereocenters. The van der Waals surface area contributed by atoms with Gasteiger partial charge < -0.3 is 4.74 Å². The highest BCUT2D eigenvalue weighted by molar-refractivity contribution is 5.97. The minimum Gasteiger partial charge on any atom is -0.379 e. The molecule has 0 spiro atoms. The van der Waals surface area contributed by atoms with E-state index < -0.39 is 0 Å². The summed E-state index contributed by atoms with van der Waals surface area (Å²) in [6.45, 7) is 3.63. The van der Waals surface area contributed by atoms with E-state index in [1.165, 1.54) is 25.7 Å². The SMILES string of the molecule is O=C(CC1(N2CCOCC2)[C@@H]2CCCC[C@@H]21)c1ccccc1. The van der Waals surface area contributed by atoms with Gasteiger partial charge in [-0.1, -0.05) is 43.2 Å². The van der Waals surface area contributed by atoms with Gasteiger partial charge in [-0.05, 0) is 24.7 Å². The molecule has 1 aromatic carbocycles. The van der Waals surface area contributed by atoms with Crippen LogP contribution in [0.2, 0.25) is 0 Å². The minimum atomic E-state index is 0.146. The van der Waals surface area contributed by atoms with E-state index in [9.17, 15) is 4.79 Å². The maximum Gasteiger partial charge on any atom is 0.164 e. The summed E-state index contributed by atoms with van der Waals surface area (Å²) in [6, 6.07) is 9.83. The van der Waals surface area contributed by atoms with Gasteiger partial charge in [0.25, 0.3) is 0 Å². The Kier molecular flexibility index (Phi) is 3.79. The lowest BCUT2D eigenvalue weighted by atomic mass is 9.97. The Bertz CT molecular complexity index is 524. The van der Waals surface area contributed by atoms with E-state index in [-0.39, 0.29) is 5.54 Å². The summed E-state index contributed by atoms with van der Waals surface area (Å²) in [4.78, 5) is 15.4. The lowest BCUT2D eigenvalue weighted by molar-refractivity contribution is 0.000464. The van der Waals surface area contributed by atoms with Crippen molar-refractivity contribution in [3.63, 3.8) is 0 Å². The largest absolute Gasteiger partial charge is 0.379 e. The molecule has 3 nitrogen and oxygen atoms in total. The van der Waals surface area contributed by atoms with Gasteiger partial charge in [0.05, 0.1) is 13.2 Å². The van der Waals surface area contributed by atoms with Crippen molar-refractivity contribution in [1.82, 2.24) is 4.90 Å². The van der Waals surface area contributed by atoms with Crippen LogP contribution in [0.4, 0.5) is 0 Å². The van der Waals surface area contributed by atoms with Crippen molar-refractivity contribution in [2.24, 2.45) is 11.8 Å². The van der Waals surface area contributed by atoms with Crippen molar-refractivity contribution >= 4 is 5.78 Å². The summed E-state index contributed by atoms with van der Waals surface area (Å²) in [5.74, 6) is 1.81. The highest BCUT2D eigenvalue weighted by Gasteiger charge is 2.67. The molecule has 0 radical (unpaired) electrons. The van der Waals surface area contributed by atoms with Crippen LogP contribution in [0.25, 0.3) is 0 Å². The summed E-state index contributed by atoms with van der Waals surface area (Å²) in [5, 5.41) is 0. The molecule has 3 fully saturated rings. The molecule has 1 aliphatic heterocycles. The molecule has 0 amide bonds. The van der Waals surface area contributed by atoms with Crippen molar-refractivity contribution in [2.75, 3.05) is 26.3 Å². The number of hydrogen-bond acceptors (Lipinski definition) is 3. The number of fused-ring (bicyclic) bond motifs is 1. The monoisotopic (exact) mass is 299 g/mol. The van der Waals surface area contributed by atoms with Crippen LogP contribution in [0.5, 0.6) is 0 Å². The second kappa shape index (κ2) is 5.78. The molecule has 2 aliphatic carbocycles. The number of ketones is 1. The number of Topliss-reactive ketones (excluding diaryl/α,β-unsaturated/α-hetero) is 1. The smallest absolute Gasteiger partial charge is 0.164 e. The molecule has 3 heteroatoms. The normalized spacial score (nSPS) is 34.9. The number of carbonyl (C=O) groups excluding carboxylic acids is 1. The Labute approximate surface area is 132 Å². The Balaban J connectivity index is 1.57. The zero-order valence-electron chi connectivity index (χ0n) is 13.2. The molecule has 22 heavy (non-hydrogen) atoms. The maximum absolute atomic E-state index is 12.8. The van der Waals surface area contributed by atoms with Gasteiger partial charge in [0, 0.05) is 30.6 Å². The first-order valence-corrected chi connectivity index (χ1v) is 8.73. The van der Waals surface area contributed by atoms with E-state index in [2.05, 4.69) is 4.90 Å². The van der Waals surface area contributed by atoms with Crippen LogP contribution >= 0.6 is 0 Å². The van der Waals surface area contributed by atoms with E-state index in [1.54, 1.807) is 0 Å². The van der Waals surface area contributed by atoms with Crippen LogP contribution in [0.1, 0.15) is 42.5 Å². The fourth-order valence-corrected chi connectivity index (χ4v) is 5.02. The van der Waals surface area contributed by atoms with Gasteiger partial charge in [0.1, 0.15) is 0 Å². The third-order valence-electron chi connectivity index (χ3n) is 6.08. The Hall–Kier alpha value is -1.19. The lowest BCUT2D eigenvalue weighted by Gasteiger charge is -2.36. The zero-order valence-corrected chi connectivity index (χ0v) is 13.2. The first kappa shape index (κ1) is 14.4. The zero-order chi connectivity index (χ0) is 15.0. The molecular formula is C19H25NO2. The van der Waals surface area contributed by atoms with Crippen LogP contribution in [0, 0.1) is 11.8 Å². The van der Waals surface area contributed by atoms with E-state index in [1.807, 2.05) is 30.3 Å². The van der Waals surface area contributed by atoms with Crippen LogP contribution < -0.4 is 0 Å². The Morgan fingerprint density at radius 1 is 1.09 bits per heavy atom. The third-order valence-corrected chi connectivity index (χ3v) is 6.08. The van der Waals surface area contributed by atoms with Crippen molar-refractivity contribution in [2.45, 2.75) is 37.6 Å². The van der Waals surface area contributed by atoms with Crippen molar-refractivity contribution in [3.05, 3.63) is 35.9 Å². The number of hydrogen-bond donors (Lipinski definition) is 0. The van der Waals surface area contributed by atoms with Gasteiger partial charge in [-0.2, -0.15) is 0 Å². The fourth-order valence-electron chi connectivity index (χ4n) is 5.02. The van der Waals surface area contributed by atoms with Crippen LogP contribution in [0.15, 0.2) is 30.3 Å². The molecule has 1 aromatic rings. The van der Waals surface area contributed by atoms with Gasteiger partial charge in [-0.3, -0.25) is 9.69 Å². The molecule has 1 saturated heterocycles. The van der Waals surface area contributed by atoms with Gasteiger partial charge >= 0.3 is 0 Å². The molecule has 1 heterocycles. The number of benzene rings is 1. The second-order valence-electron chi connectivity index (χ2n) is 7.05. The number of morpholine rings is 1. The molecule has 4 rings (SSSR count). The molecule has 0 N–H and O–H groups in total. The minimum absolute atomic E-state index is 0.146. The molecular weight excluding hydrogens is 274 g/mol. The van der Waals surface area contributed by atoms with E-state index in [0.717, 1.165) is 43.7 Å². The van der Waals surface area contributed by atoms with Gasteiger partial charge in [0.15, 0.2) is 5.78 Å². The van der Waals surface area contributed by atoms with Crippen LogP contribution in [-0.4, -0.2) is 42.5 Å². The Morgan fingerprint density at radius 2 is 1.73 bits per heavy atom. The summed E-state index contributed by atoms with van der Waals surface area (Å²) >= 11 is 0. The fraction of sp³-hybridized carbons (Fsp3) is 0.632. The lowest BCUT2D eigenvalue weighted by Crippen LogP contribution is -2.48. The van der Waals surface area contributed by atoms with Crippen molar-refractivity contribution in [3.8, 4) is 0 Å². The van der Waals surface area contributed by atoms with Gasteiger partial charge in [0.2, 0.25) is 0 Å². The highest BCUT2D eigenvalue weighted by atomic mass is 16.5. The van der Waals surface area contributed by atoms with Crippen LogP contribution in [-0.2, 0) is 4.74 Å². The molecule has 0 aromatic heterocycles. The average Bonchev–Trinajstić information content (AvgIpc) is 3.25. The quantitative estimate of drug-likeness (QED) is 0.800. The number of nitrogens with zero attached hydrogens (tertiary/aromatic N) is 1. The summed E-state index contributed by atoms with van der Waals surface area (Å²) in [7, 11) is 0. The first-order valence-electron chi connectivity index (χ1n) is 8.73. The van der Waals surface area contributed by atoms with E-state index in [4.69, 9.17) is 4.74 Å².